The minimum atomic E-state index is -0.0563. The highest BCUT2D eigenvalue weighted by Gasteiger charge is 2.32. The number of amides is 1. The van der Waals surface area contributed by atoms with Crippen molar-refractivity contribution in [2.45, 2.75) is 51.5 Å². The predicted molar refractivity (Wildman–Crippen MR) is 93.3 cm³/mol. The average Bonchev–Trinajstić information content (AvgIpc) is 3.28. The molecule has 25 heavy (non-hydrogen) atoms. The van der Waals surface area contributed by atoms with Crippen LogP contribution < -0.4 is 5.32 Å². The molecule has 4 rings (SSSR count). The lowest BCUT2D eigenvalue weighted by Crippen LogP contribution is -2.34. The zero-order valence-electron chi connectivity index (χ0n) is 14.9. The van der Waals surface area contributed by atoms with Crippen molar-refractivity contribution in [1.29, 1.82) is 0 Å². The minimum absolute atomic E-state index is 0.0563. The smallest absolute Gasteiger partial charge is 0.239 e. The van der Waals surface area contributed by atoms with Crippen LogP contribution in [0.3, 0.4) is 0 Å². The highest BCUT2D eigenvalue weighted by molar-refractivity contribution is 5.91. The number of carbonyl (C=O) groups is 1. The monoisotopic (exact) mass is 343 g/mol. The molecule has 0 aromatic carbocycles. The van der Waals surface area contributed by atoms with Gasteiger partial charge in [-0.05, 0) is 52.0 Å². The normalized spacial score (nSPS) is 20.6. The quantitative estimate of drug-likeness (QED) is 0.922. The van der Waals surface area contributed by atoms with Gasteiger partial charge in [-0.3, -0.25) is 9.69 Å². The summed E-state index contributed by atoms with van der Waals surface area (Å²) in [6.45, 7) is 3.09. The van der Waals surface area contributed by atoms with Gasteiger partial charge in [0, 0.05) is 18.8 Å². The Hall–Kier alpha value is -2.15. The molecule has 1 amide bonds. The summed E-state index contributed by atoms with van der Waals surface area (Å²) < 4.78 is 7.27. The zero-order valence-corrected chi connectivity index (χ0v) is 14.9. The third-order valence-electron chi connectivity index (χ3n) is 5.31. The van der Waals surface area contributed by atoms with Crippen molar-refractivity contribution in [3.05, 3.63) is 29.0 Å². The lowest BCUT2D eigenvalue weighted by molar-refractivity contribution is -0.117. The van der Waals surface area contributed by atoms with Crippen LogP contribution in [0.2, 0.25) is 0 Å². The highest BCUT2D eigenvalue weighted by Crippen LogP contribution is 2.33. The summed E-state index contributed by atoms with van der Waals surface area (Å²) in [5, 5.41) is 6.64. The Bertz CT molecular complexity index is 779. The van der Waals surface area contributed by atoms with E-state index in [4.69, 9.17) is 9.51 Å². The molecular weight excluding hydrogens is 318 g/mol. The first kappa shape index (κ1) is 16.3. The predicted octanol–water partition coefficient (Wildman–Crippen LogP) is 2.37. The summed E-state index contributed by atoms with van der Waals surface area (Å²) in [7, 11) is 2.13. The fourth-order valence-electron chi connectivity index (χ4n) is 4.10. The third kappa shape index (κ3) is 3.20. The van der Waals surface area contributed by atoms with Crippen molar-refractivity contribution >= 4 is 11.7 Å². The van der Waals surface area contributed by atoms with Crippen molar-refractivity contribution in [2.24, 2.45) is 7.05 Å². The van der Waals surface area contributed by atoms with Gasteiger partial charge >= 0.3 is 0 Å². The molecule has 1 aliphatic carbocycles. The molecule has 0 saturated carbocycles. The van der Waals surface area contributed by atoms with Crippen LogP contribution in [0.15, 0.2) is 10.6 Å². The maximum absolute atomic E-state index is 12.4. The second kappa shape index (κ2) is 6.63. The molecule has 7 heteroatoms. The van der Waals surface area contributed by atoms with E-state index in [-0.39, 0.29) is 11.9 Å². The van der Waals surface area contributed by atoms with Crippen LogP contribution in [0.4, 0.5) is 5.82 Å². The summed E-state index contributed by atoms with van der Waals surface area (Å²) in [5.41, 5.74) is 2.65. The van der Waals surface area contributed by atoms with Crippen LogP contribution in [0.25, 0.3) is 0 Å². The van der Waals surface area contributed by atoms with Gasteiger partial charge < -0.3 is 14.4 Å². The Morgan fingerprint density at radius 1 is 1.36 bits per heavy atom. The van der Waals surface area contributed by atoms with Crippen LogP contribution in [-0.2, 0) is 24.7 Å². The van der Waals surface area contributed by atoms with Crippen LogP contribution >= 0.6 is 0 Å². The van der Waals surface area contributed by atoms with E-state index < -0.39 is 0 Å². The highest BCUT2D eigenvalue weighted by atomic mass is 16.5. The van der Waals surface area contributed by atoms with Gasteiger partial charge in [-0.15, -0.1) is 0 Å². The van der Waals surface area contributed by atoms with E-state index in [1.807, 2.05) is 6.92 Å². The van der Waals surface area contributed by atoms with Crippen LogP contribution in [0, 0.1) is 6.92 Å². The van der Waals surface area contributed by atoms with E-state index in [0.717, 1.165) is 38.1 Å². The molecule has 0 bridgehead atoms. The van der Waals surface area contributed by atoms with Gasteiger partial charge in [-0.25, -0.2) is 4.98 Å². The molecule has 134 valence electrons. The molecule has 2 aromatic rings. The van der Waals surface area contributed by atoms with Gasteiger partial charge in [0.2, 0.25) is 5.91 Å². The molecule has 1 atom stereocenters. The molecule has 1 N–H and O–H groups in total. The van der Waals surface area contributed by atoms with Gasteiger partial charge in [0.25, 0.3) is 0 Å². The van der Waals surface area contributed by atoms with E-state index in [1.54, 1.807) is 6.07 Å². The summed E-state index contributed by atoms with van der Waals surface area (Å²) in [6, 6.07) is 1.95. The van der Waals surface area contributed by atoms with E-state index in [1.165, 1.54) is 24.2 Å². The number of rotatable bonds is 4. The average molecular weight is 343 g/mol. The number of imidazole rings is 1. The number of hydrogen-bond donors (Lipinski definition) is 1. The van der Waals surface area contributed by atoms with E-state index >= 15 is 0 Å². The van der Waals surface area contributed by atoms with E-state index in [0.29, 0.717) is 18.1 Å². The largest absolute Gasteiger partial charge is 0.360 e. The Morgan fingerprint density at radius 2 is 2.20 bits per heavy atom. The van der Waals surface area contributed by atoms with Crippen molar-refractivity contribution in [1.82, 2.24) is 19.6 Å². The van der Waals surface area contributed by atoms with Crippen molar-refractivity contribution in [3.63, 3.8) is 0 Å². The number of anilines is 1. The molecule has 0 radical (unpaired) electrons. The Kier molecular flexibility index (Phi) is 4.33. The molecular formula is C18H25N5O2. The maximum atomic E-state index is 12.4. The number of likely N-dealkylation sites (tertiary alicyclic amines) is 1. The van der Waals surface area contributed by atoms with Crippen LogP contribution in [0.5, 0.6) is 0 Å². The summed E-state index contributed by atoms with van der Waals surface area (Å²) in [5.74, 6) is 2.23. The molecule has 3 heterocycles. The van der Waals surface area contributed by atoms with Crippen molar-refractivity contribution < 1.29 is 9.32 Å². The fourth-order valence-corrected chi connectivity index (χ4v) is 4.10. The summed E-state index contributed by atoms with van der Waals surface area (Å²) in [4.78, 5) is 19.5. The molecule has 2 aromatic heterocycles. The van der Waals surface area contributed by atoms with E-state index in [2.05, 4.69) is 27.0 Å². The Balaban J connectivity index is 1.47. The second-order valence-corrected chi connectivity index (χ2v) is 7.13. The van der Waals surface area contributed by atoms with Crippen molar-refractivity contribution in [3.8, 4) is 0 Å². The topological polar surface area (TPSA) is 76.2 Å². The zero-order chi connectivity index (χ0) is 17.4. The lowest BCUT2D eigenvalue weighted by atomic mass is 10.0. The van der Waals surface area contributed by atoms with Gasteiger partial charge in [0.15, 0.2) is 5.82 Å². The summed E-state index contributed by atoms with van der Waals surface area (Å²) in [6.07, 6.45) is 6.84. The molecule has 7 nitrogen and oxygen atoms in total. The van der Waals surface area contributed by atoms with Gasteiger partial charge in [-0.1, -0.05) is 5.16 Å². The number of aromatic nitrogens is 3. The number of nitrogens with one attached hydrogen (secondary N) is 1. The van der Waals surface area contributed by atoms with Crippen LogP contribution in [0.1, 0.15) is 54.7 Å². The molecule has 2 aliphatic rings. The lowest BCUT2D eigenvalue weighted by Gasteiger charge is -2.23. The van der Waals surface area contributed by atoms with Crippen LogP contribution in [-0.4, -0.2) is 38.6 Å². The third-order valence-corrected chi connectivity index (χ3v) is 5.31. The van der Waals surface area contributed by atoms with Gasteiger partial charge in [-0.2, -0.15) is 0 Å². The molecule has 0 unspecified atom stereocenters. The molecule has 1 fully saturated rings. The maximum Gasteiger partial charge on any atom is 0.239 e. The Labute approximate surface area is 147 Å². The SMILES string of the molecule is Cc1cc(NC(=O)CN2CCC[C@H]2c2nc3c(n2C)CCCC3)no1. The van der Waals surface area contributed by atoms with E-state index in [9.17, 15) is 4.79 Å². The Morgan fingerprint density at radius 3 is 2.96 bits per heavy atom. The molecule has 0 spiro atoms. The fraction of sp³-hybridized carbons (Fsp3) is 0.611. The van der Waals surface area contributed by atoms with Gasteiger partial charge in [0.05, 0.1) is 18.3 Å². The number of fused-ring (bicyclic) bond motifs is 1. The number of nitrogens with zero attached hydrogens (tertiary/aromatic N) is 4. The standard InChI is InChI=1S/C18H25N5O2/c1-12-10-16(21-25-12)20-17(24)11-23-9-5-8-15(23)18-19-13-6-3-4-7-14(13)22(18)2/h10,15H,3-9,11H2,1-2H3,(H,20,21,24)/t15-/m0/s1. The van der Waals surface area contributed by atoms with Gasteiger partial charge in [0.1, 0.15) is 11.6 Å². The molecule has 1 aliphatic heterocycles. The first-order valence-corrected chi connectivity index (χ1v) is 9.13. The second-order valence-electron chi connectivity index (χ2n) is 7.13. The van der Waals surface area contributed by atoms with Crippen molar-refractivity contribution in [2.75, 3.05) is 18.4 Å². The number of carbonyl (C=O) groups excluding carboxylic acids is 1. The minimum Gasteiger partial charge on any atom is -0.360 e. The number of aryl methyl sites for hydroxylation is 2. The first-order valence-electron chi connectivity index (χ1n) is 9.13. The summed E-state index contributed by atoms with van der Waals surface area (Å²) >= 11 is 0. The number of hydrogen-bond acceptors (Lipinski definition) is 5. The first-order chi connectivity index (χ1) is 12.1. The molecule has 1 saturated heterocycles.